The first-order chi connectivity index (χ1) is 9.08. The van der Waals surface area contributed by atoms with Gasteiger partial charge in [0.15, 0.2) is 0 Å². The molecule has 0 aliphatic rings. The first-order valence-corrected chi connectivity index (χ1v) is 6.36. The van der Waals surface area contributed by atoms with Crippen LogP contribution in [0.15, 0.2) is 46.9 Å². The van der Waals surface area contributed by atoms with Crippen LogP contribution < -0.4 is 5.73 Å². The quantitative estimate of drug-likeness (QED) is 0.673. The second-order valence-corrected chi connectivity index (χ2v) is 4.74. The number of carbonyl (C=O) groups excluding carboxylic acids is 1. The summed E-state index contributed by atoms with van der Waals surface area (Å²) >= 11 is 3.26. The number of esters is 1. The Morgan fingerprint density at radius 3 is 2.58 bits per heavy atom. The highest BCUT2D eigenvalue weighted by atomic mass is 79.9. The number of phenols is 1. The van der Waals surface area contributed by atoms with Crippen LogP contribution >= 0.6 is 15.9 Å². The summed E-state index contributed by atoms with van der Waals surface area (Å²) in [6.45, 7) is 0.139. The zero-order valence-electron chi connectivity index (χ0n) is 9.97. The lowest BCUT2D eigenvalue weighted by molar-refractivity contribution is 0.0471. The van der Waals surface area contributed by atoms with Crippen LogP contribution in [-0.2, 0) is 11.3 Å². The van der Waals surface area contributed by atoms with Crippen LogP contribution in [0.2, 0.25) is 0 Å². The first kappa shape index (κ1) is 13.4. The summed E-state index contributed by atoms with van der Waals surface area (Å²) in [5.74, 6) is -0.277. The minimum Gasteiger partial charge on any atom is -0.508 e. The number of ether oxygens (including phenoxy) is 1. The number of phenolic OH excluding ortho intramolecular Hbond substituents is 1. The first-order valence-electron chi connectivity index (χ1n) is 5.57. The molecule has 2 aromatic carbocycles. The van der Waals surface area contributed by atoms with Crippen molar-refractivity contribution in [2.75, 3.05) is 5.73 Å². The van der Waals surface area contributed by atoms with Crippen molar-refractivity contribution in [1.29, 1.82) is 0 Å². The SMILES string of the molecule is Nc1cccc(C(=O)OCc2ccc(O)cc2)c1Br. The van der Waals surface area contributed by atoms with Crippen molar-refractivity contribution in [1.82, 2.24) is 0 Å². The van der Waals surface area contributed by atoms with Gasteiger partial charge in [0.1, 0.15) is 12.4 Å². The summed E-state index contributed by atoms with van der Waals surface area (Å²) in [6.07, 6.45) is 0. The number of aromatic hydroxyl groups is 1. The molecule has 0 aliphatic carbocycles. The Hall–Kier alpha value is -2.01. The molecular weight excluding hydrogens is 310 g/mol. The van der Waals surface area contributed by atoms with E-state index in [0.29, 0.717) is 15.7 Å². The van der Waals surface area contributed by atoms with E-state index in [2.05, 4.69) is 15.9 Å². The molecule has 0 radical (unpaired) electrons. The largest absolute Gasteiger partial charge is 0.508 e. The van der Waals surface area contributed by atoms with Crippen molar-refractivity contribution in [2.45, 2.75) is 6.61 Å². The van der Waals surface area contributed by atoms with Crippen molar-refractivity contribution < 1.29 is 14.6 Å². The summed E-state index contributed by atoms with van der Waals surface area (Å²) in [6, 6.07) is 11.5. The predicted octanol–water partition coefficient (Wildman–Crippen LogP) is 3.09. The van der Waals surface area contributed by atoms with Crippen molar-refractivity contribution in [3.8, 4) is 5.75 Å². The summed E-state index contributed by atoms with van der Waals surface area (Å²) in [4.78, 5) is 11.9. The van der Waals surface area contributed by atoms with Gasteiger partial charge in [-0.2, -0.15) is 0 Å². The van der Waals surface area contributed by atoms with Gasteiger partial charge >= 0.3 is 5.97 Å². The topological polar surface area (TPSA) is 72.6 Å². The minimum absolute atomic E-state index is 0.139. The van der Waals surface area contributed by atoms with E-state index in [1.807, 2.05) is 0 Å². The second-order valence-electron chi connectivity index (χ2n) is 3.95. The lowest BCUT2D eigenvalue weighted by Gasteiger charge is -2.08. The van der Waals surface area contributed by atoms with Crippen LogP contribution in [0.1, 0.15) is 15.9 Å². The molecule has 0 saturated carbocycles. The summed E-state index contributed by atoms with van der Waals surface area (Å²) in [7, 11) is 0. The molecule has 2 rings (SSSR count). The molecule has 5 heteroatoms. The minimum atomic E-state index is -0.452. The lowest BCUT2D eigenvalue weighted by atomic mass is 10.2. The second kappa shape index (κ2) is 5.75. The summed E-state index contributed by atoms with van der Waals surface area (Å²) < 4.78 is 5.72. The maximum atomic E-state index is 11.9. The molecular formula is C14H12BrNO3. The Morgan fingerprint density at radius 2 is 1.89 bits per heavy atom. The van der Waals surface area contributed by atoms with E-state index in [0.717, 1.165) is 5.56 Å². The van der Waals surface area contributed by atoms with Crippen molar-refractivity contribution >= 4 is 27.6 Å². The third-order valence-electron chi connectivity index (χ3n) is 2.55. The number of hydrogen-bond donors (Lipinski definition) is 2. The molecule has 0 unspecified atom stereocenters. The number of hydrogen-bond acceptors (Lipinski definition) is 4. The normalized spacial score (nSPS) is 10.2. The van der Waals surface area contributed by atoms with Gasteiger partial charge < -0.3 is 15.6 Å². The van der Waals surface area contributed by atoms with Crippen molar-refractivity contribution in [3.05, 3.63) is 58.1 Å². The number of anilines is 1. The maximum Gasteiger partial charge on any atom is 0.339 e. The number of nitrogens with two attached hydrogens (primary N) is 1. The van der Waals surface area contributed by atoms with Gasteiger partial charge in [-0.15, -0.1) is 0 Å². The lowest BCUT2D eigenvalue weighted by Crippen LogP contribution is -2.07. The zero-order valence-corrected chi connectivity index (χ0v) is 11.6. The highest BCUT2D eigenvalue weighted by Crippen LogP contribution is 2.24. The molecule has 0 heterocycles. The Labute approximate surface area is 118 Å². The third-order valence-corrected chi connectivity index (χ3v) is 3.44. The molecule has 0 saturated heterocycles. The summed E-state index contributed by atoms with van der Waals surface area (Å²) in [5.41, 5.74) is 7.37. The fourth-order valence-corrected chi connectivity index (χ4v) is 1.95. The van der Waals surface area contributed by atoms with Gasteiger partial charge in [-0.1, -0.05) is 18.2 Å². The van der Waals surface area contributed by atoms with E-state index < -0.39 is 5.97 Å². The average molecular weight is 322 g/mol. The van der Waals surface area contributed by atoms with Gasteiger partial charge in [-0.3, -0.25) is 0 Å². The fourth-order valence-electron chi connectivity index (χ4n) is 1.53. The number of carbonyl (C=O) groups is 1. The van der Waals surface area contributed by atoms with Crippen LogP contribution in [0.25, 0.3) is 0 Å². The van der Waals surface area contributed by atoms with Gasteiger partial charge in [0, 0.05) is 5.69 Å². The molecule has 0 atom stereocenters. The van der Waals surface area contributed by atoms with Crippen LogP contribution in [0.4, 0.5) is 5.69 Å². The third kappa shape index (κ3) is 3.26. The van der Waals surface area contributed by atoms with Gasteiger partial charge in [0.2, 0.25) is 0 Å². The Kier molecular flexibility index (Phi) is 4.06. The van der Waals surface area contributed by atoms with E-state index in [1.165, 1.54) is 0 Å². The van der Waals surface area contributed by atoms with Crippen molar-refractivity contribution in [3.63, 3.8) is 0 Å². The highest BCUT2D eigenvalue weighted by molar-refractivity contribution is 9.10. The number of benzene rings is 2. The van der Waals surface area contributed by atoms with E-state index in [-0.39, 0.29) is 12.4 Å². The number of nitrogen functional groups attached to an aromatic ring is 1. The number of rotatable bonds is 3. The van der Waals surface area contributed by atoms with Gasteiger partial charge in [-0.25, -0.2) is 4.79 Å². The summed E-state index contributed by atoms with van der Waals surface area (Å²) in [5, 5.41) is 9.15. The molecule has 0 amide bonds. The monoisotopic (exact) mass is 321 g/mol. The van der Waals surface area contributed by atoms with Gasteiger partial charge in [0.25, 0.3) is 0 Å². The van der Waals surface area contributed by atoms with Gasteiger partial charge in [-0.05, 0) is 45.8 Å². The maximum absolute atomic E-state index is 11.9. The van der Waals surface area contributed by atoms with Crippen molar-refractivity contribution in [2.24, 2.45) is 0 Å². The van der Waals surface area contributed by atoms with Crippen LogP contribution in [0.3, 0.4) is 0 Å². The molecule has 0 fully saturated rings. The standard InChI is InChI=1S/C14H12BrNO3/c15-13-11(2-1-3-12(13)16)14(18)19-8-9-4-6-10(17)7-5-9/h1-7,17H,8,16H2. The Bertz CT molecular complexity index is 596. The molecule has 98 valence electrons. The average Bonchev–Trinajstić information content (AvgIpc) is 2.41. The smallest absolute Gasteiger partial charge is 0.339 e. The van der Waals surface area contributed by atoms with E-state index in [9.17, 15) is 4.79 Å². The number of halogens is 1. The van der Waals surface area contributed by atoms with Crippen LogP contribution in [0.5, 0.6) is 5.75 Å². The highest BCUT2D eigenvalue weighted by Gasteiger charge is 2.13. The fraction of sp³-hybridized carbons (Fsp3) is 0.0714. The van der Waals surface area contributed by atoms with Gasteiger partial charge in [0.05, 0.1) is 10.0 Å². The molecule has 3 N–H and O–H groups in total. The molecule has 0 aliphatic heterocycles. The zero-order chi connectivity index (χ0) is 13.8. The molecule has 0 bridgehead atoms. The van der Waals surface area contributed by atoms with Crippen LogP contribution in [-0.4, -0.2) is 11.1 Å². The molecule has 0 aromatic heterocycles. The predicted molar refractivity (Wildman–Crippen MR) is 75.8 cm³/mol. The molecule has 0 spiro atoms. The van der Waals surface area contributed by atoms with E-state index >= 15 is 0 Å². The Balaban J connectivity index is 2.05. The molecule has 2 aromatic rings. The molecule has 19 heavy (non-hydrogen) atoms. The van der Waals surface area contributed by atoms with E-state index in [1.54, 1.807) is 42.5 Å². The van der Waals surface area contributed by atoms with Crippen LogP contribution in [0, 0.1) is 0 Å². The van der Waals surface area contributed by atoms with E-state index in [4.69, 9.17) is 15.6 Å². The molecule has 4 nitrogen and oxygen atoms in total. The Morgan fingerprint density at radius 1 is 1.21 bits per heavy atom.